The average molecular weight is 542 g/mol. The molecule has 2 aliphatic heterocycles. The van der Waals surface area contributed by atoms with Crippen molar-refractivity contribution in [2.24, 2.45) is 13.0 Å². The minimum atomic E-state index is -0.102. The number of benzene rings is 2. The smallest absolute Gasteiger partial charge is 0.229 e. The van der Waals surface area contributed by atoms with E-state index in [2.05, 4.69) is 57.4 Å². The van der Waals surface area contributed by atoms with Crippen molar-refractivity contribution >= 4 is 17.5 Å². The fourth-order valence-electron chi connectivity index (χ4n) is 6.35. The van der Waals surface area contributed by atoms with Crippen molar-refractivity contribution in [3.05, 3.63) is 83.7 Å². The van der Waals surface area contributed by atoms with Gasteiger partial charge in [-0.25, -0.2) is 0 Å². The number of amides is 2. The lowest BCUT2D eigenvalue weighted by Crippen LogP contribution is -2.52. The maximum Gasteiger partial charge on any atom is 0.229 e. The summed E-state index contributed by atoms with van der Waals surface area (Å²) < 4.78 is 1.78. The standard InChI is InChI=1S/C33H43N5O2/c1-25(2)33(40)37-19-18-29-13-9-14-30(38(29)22-26-10-5-4-6-11-26)24-36(23-28-12-7-8-15-31(28)37)32(39)17-16-27-20-34-35(3)21-27/h4-8,10-12,15,20-21,25,29-30H,9,13-14,16-19,22-24H2,1-3H3. The third kappa shape index (κ3) is 6.64. The van der Waals surface area contributed by atoms with E-state index < -0.39 is 0 Å². The molecule has 2 atom stereocenters. The van der Waals surface area contributed by atoms with E-state index in [1.807, 2.05) is 50.3 Å². The Balaban J connectivity index is 1.49. The van der Waals surface area contributed by atoms with Gasteiger partial charge in [0.05, 0.1) is 6.20 Å². The highest BCUT2D eigenvalue weighted by Crippen LogP contribution is 2.32. The molecule has 2 unspecified atom stereocenters. The molecular weight excluding hydrogens is 498 g/mol. The Hall–Kier alpha value is -3.45. The molecule has 2 amide bonds. The number of rotatable bonds is 6. The van der Waals surface area contributed by atoms with Gasteiger partial charge in [-0.05, 0) is 48.4 Å². The highest BCUT2D eigenvalue weighted by atomic mass is 16.2. The van der Waals surface area contributed by atoms with E-state index in [1.165, 1.54) is 5.56 Å². The maximum atomic E-state index is 13.9. The topological polar surface area (TPSA) is 61.7 Å². The normalized spacial score (nSPS) is 20.2. The number of aromatic nitrogens is 2. The van der Waals surface area contributed by atoms with Crippen LogP contribution < -0.4 is 4.90 Å². The van der Waals surface area contributed by atoms with Crippen LogP contribution in [0.25, 0.3) is 0 Å². The molecule has 2 aromatic carbocycles. The van der Waals surface area contributed by atoms with Gasteiger partial charge in [-0.1, -0.05) is 68.8 Å². The van der Waals surface area contributed by atoms with Gasteiger partial charge < -0.3 is 9.80 Å². The van der Waals surface area contributed by atoms with Crippen LogP contribution >= 0.6 is 0 Å². The predicted octanol–water partition coefficient (Wildman–Crippen LogP) is 5.20. The van der Waals surface area contributed by atoms with Crippen LogP contribution in [-0.2, 0) is 36.1 Å². The summed E-state index contributed by atoms with van der Waals surface area (Å²) in [6.45, 7) is 6.70. The number of aryl methyl sites for hydroxylation is 2. The second-order valence-electron chi connectivity index (χ2n) is 11.8. The molecule has 2 aliphatic rings. The number of anilines is 1. The van der Waals surface area contributed by atoms with Crippen LogP contribution in [0, 0.1) is 5.92 Å². The van der Waals surface area contributed by atoms with E-state index in [-0.39, 0.29) is 23.8 Å². The first kappa shape index (κ1) is 28.1. The minimum absolute atomic E-state index is 0.102. The van der Waals surface area contributed by atoms with Crippen molar-refractivity contribution in [3.63, 3.8) is 0 Å². The van der Waals surface area contributed by atoms with Crippen molar-refractivity contribution in [1.82, 2.24) is 19.6 Å². The molecule has 7 heteroatoms. The number of para-hydroxylation sites is 1. The van der Waals surface area contributed by atoms with Gasteiger partial charge in [0.2, 0.25) is 11.8 Å². The molecule has 0 spiro atoms. The van der Waals surface area contributed by atoms with Crippen LogP contribution in [0.4, 0.5) is 5.69 Å². The summed E-state index contributed by atoms with van der Waals surface area (Å²) >= 11 is 0. The van der Waals surface area contributed by atoms with E-state index in [0.29, 0.717) is 38.5 Å². The molecule has 1 fully saturated rings. The van der Waals surface area contributed by atoms with Gasteiger partial charge in [0.15, 0.2) is 0 Å². The molecule has 7 nitrogen and oxygen atoms in total. The third-order valence-corrected chi connectivity index (χ3v) is 8.48. The van der Waals surface area contributed by atoms with Crippen LogP contribution in [0.1, 0.15) is 62.6 Å². The number of hydrogen-bond donors (Lipinski definition) is 0. The Labute approximate surface area is 238 Å². The highest BCUT2D eigenvalue weighted by molar-refractivity contribution is 5.95. The SMILES string of the molecule is CC(C)C(=O)N1CCC2CCCC(CN(C(=O)CCc3cnn(C)c3)Cc3ccccc31)N2Cc1ccccc1. The van der Waals surface area contributed by atoms with E-state index in [1.54, 1.807) is 4.68 Å². The largest absolute Gasteiger partial charge is 0.337 e. The summed E-state index contributed by atoms with van der Waals surface area (Å²) in [6, 6.07) is 19.5. The lowest BCUT2D eigenvalue weighted by atomic mass is 9.92. The first-order chi connectivity index (χ1) is 19.4. The molecule has 3 heterocycles. The number of nitrogens with zero attached hydrogens (tertiary/aromatic N) is 5. The Morgan fingerprint density at radius 3 is 2.45 bits per heavy atom. The zero-order valence-electron chi connectivity index (χ0n) is 24.2. The van der Waals surface area contributed by atoms with Gasteiger partial charge in [-0.2, -0.15) is 5.10 Å². The van der Waals surface area contributed by atoms with Crippen LogP contribution in [-0.4, -0.2) is 56.6 Å². The van der Waals surface area contributed by atoms with Crippen molar-refractivity contribution in [2.75, 3.05) is 18.0 Å². The first-order valence-electron chi connectivity index (χ1n) is 14.8. The van der Waals surface area contributed by atoms with Crippen molar-refractivity contribution in [3.8, 4) is 0 Å². The van der Waals surface area contributed by atoms with Gasteiger partial charge >= 0.3 is 0 Å². The lowest BCUT2D eigenvalue weighted by molar-refractivity contribution is -0.133. The van der Waals surface area contributed by atoms with Gasteiger partial charge in [0.1, 0.15) is 0 Å². The molecule has 3 aromatic rings. The fourth-order valence-corrected chi connectivity index (χ4v) is 6.35. The molecule has 212 valence electrons. The molecule has 0 saturated carbocycles. The van der Waals surface area contributed by atoms with Gasteiger partial charge in [0.25, 0.3) is 0 Å². The summed E-state index contributed by atoms with van der Waals surface area (Å²) in [5.74, 6) is 0.194. The second kappa shape index (κ2) is 12.8. The predicted molar refractivity (Wildman–Crippen MR) is 159 cm³/mol. The molecule has 5 rings (SSSR count). The minimum Gasteiger partial charge on any atom is -0.337 e. The second-order valence-corrected chi connectivity index (χ2v) is 11.8. The van der Waals surface area contributed by atoms with E-state index in [0.717, 1.165) is 49.0 Å². The summed E-state index contributed by atoms with van der Waals surface area (Å²) in [4.78, 5) is 34.1. The van der Waals surface area contributed by atoms with E-state index >= 15 is 0 Å². The Kier molecular flexibility index (Phi) is 9.00. The molecule has 2 bridgehead atoms. The van der Waals surface area contributed by atoms with Crippen LogP contribution in [0.5, 0.6) is 0 Å². The van der Waals surface area contributed by atoms with Crippen molar-refractivity contribution < 1.29 is 9.59 Å². The van der Waals surface area contributed by atoms with E-state index in [4.69, 9.17) is 0 Å². The van der Waals surface area contributed by atoms with Gasteiger partial charge in [-0.3, -0.25) is 19.2 Å². The summed E-state index contributed by atoms with van der Waals surface area (Å²) in [7, 11) is 1.90. The number of carbonyl (C=O) groups is 2. The summed E-state index contributed by atoms with van der Waals surface area (Å²) in [5.41, 5.74) is 4.35. The fraction of sp³-hybridized carbons (Fsp3) is 0.485. The molecular formula is C33H43N5O2. The van der Waals surface area contributed by atoms with Crippen molar-refractivity contribution in [1.29, 1.82) is 0 Å². The van der Waals surface area contributed by atoms with Crippen LogP contribution in [0.2, 0.25) is 0 Å². The summed E-state index contributed by atoms with van der Waals surface area (Å²) in [5, 5.41) is 4.28. The third-order valence-electron chi connectivity index (χ3n) is 8.48. The van der Waals surface area contributed by atoms with Gasteiger partial charge in [0, 0.05) is 69.5 Å². The molecule has 0 aliphatic carbocycles. The Morgan fingerprint density at radius 1 is 0.950 bits per heavy atom. The zero-order chi connectivity index (χ0) is 28.1. The molecule has 0 radical (unpaired) electrons. The molecule has 40 heavy (non-hydrogen) atoms. The number of fused-ring (bicyclic) bond motifs is 3. The van der Waals surface area contributed by atoms with Crippen LogP contribution in [0.3, 0.4) is 0 Å². The number of carbonyl (C=O) groups excluding carboxylic acids is 2. The maximum absolute atomic E-state index is 13.9. The molecule has 1 aromatic heterocycles. The van der Waals surface area contributed by atoms with Crippen molar-refractivity contribution in [2.45, 2.75) is 77.5 Å². The zero-order valence-corrected chi connectivity index (χ0v) is 24.2. The highest BCUT2D eigenvalue weighted by Gasteiger charge is 2.35. The van der Waals surface area contributed by atoms with E-state index in [9.17, 15) is 9.59 Å². The van der Waals surface area contributed by atoms with Gasteiger partial charge in [-0.15, -0.1) is 0 Å². The molecule has 1 saturated heterocycles. The molecule has 0 N–H and O–H groups in total. The average Bonchev–Trinajstić information content (AvgIpc) is 3.38. The lowest BCUT2D eigenvalue weighted by Gasteiger charge is -2.44. The monoisotopic (exact) mass is 541 g/mol. The number of hydrogen-bond acceptors (Lipinski definition) is 4. The first-order valence-corrected chi connectivity index (χ1v) is 14.8. The Morgan fingerprint density at radius 2 is 1.70 bits per heavy atom. The number of piperidine rings is 1. The quantitative estimate of drug-likeness (QED) is 0.431. The Bertz CT molecular complexity index is 1290. The van der Waals surface area contributed by atoms with Crippen LogP contribution in [0.15, 0.2) is 67.0 Å². The summed E-state index contributed by atoms with van der Waals surface area (Å²) in [6.07, 6.45) is 9.20.